The molecule has 0 aromatic heterocycles. The Bertz CT molecular complexity index is 118. The van der Waals surface area contributed by atoms with Gasteiger partial charge in [-0.3, -0.25) is 4.99 Å². The van der Waals surface area contributed by atoms with E-state index in [0.29, 0.717) is 17.5 Å². The normalized spacial score (nSPS) is 11.0. The molecule has 0 saturated heterocycles. The fourth-order valence-corrected chi connectivity index (χ4v) is 0.428. The van der Waals surface area contributed by atoms with Crippen LogP contribution in [-0.2, 0) is 0 Å². The van der Waals surface area contributed by atoms with Gasteiger partial charge in [-0.25, -0.2) is 0 Å². The predicted octanol–water partition coefficient (Wildman–Crippen LogP) is 1.14. The van der Waals surface area contributed by atoms with E-state index in [4.69, 9.17) is 5.73 Å². The molecule has 0 saturated carbocycles. The number of hydrogen-bond acceptors (Lipinski definition) is 2. The molecule has 3 heteroatoms. The van der Waals surface area contributed by atoms with Gasteiger partial charge < -0.3 is 5.73 Å². The number of aliphatic imine (C=N–C) groups is 1. The highest BCUT2D eigenvalue weighted by molar-refractivity contribution is 7.80. The van der Waals surface area contributed by atoms with Crippen molar-refractivity contribution in [1.82, 2.24) is 0 Å². The molecule has 0 aliphatic rings. The summed E-state index contributed by atoms with van der Waals surface area (Å²) in [6.07, 6.45) is 2.38. The van der Waals surface area contributed by atoms with Gasteiger partial charge in [0.05, 0.1) is 4.99 Å². The smallest absolute Gasteiger partial charge is 0.0781 e. The first kappa shape index (κ1) is 8.56. The minimum Gasteiger partial charge on any atom is -0.393 e. The summed E-state index contributed by atoms with van der Waals surface area (Å²) in [6, 6.07) is 0.347. The Balaban J connectivity index is 3.36. The van der Waals surface area contributed by atoms with Crippen molar-refractivity contribution in [2.24, 2.45) is 10.7 Å². The lowest BCUT2D eigenvalue weighted by molar-refractivity contribution is 0.839. The molecule has 0 aromatic carbocycles. The van der Waals surface area contributed by atoms with Gasteiger partial charge in [0, 0.05) is 18.7 Å². The van der Waals surface area contributed by atoms with E-state index in [2.05, 4.69) is 17.2 Å². The van der Waals surface area contributed by atoms with E-state index in [9.17, 15) is 0 Å². The van der Waals surface area contributed by atoms with Crippen LogP contribution in [0.1, 0.15) is 20.3 Å². The minimum absolute atomic E-state index is 0.347. The van der Waals surface area contributed by atoms with Crippen molar-refractivity contribution < 1.29 is 0 Å². The van der Waals surface area contributed by atoms with E-state index in [1.165, 1.54) is 0 Å². The Morgan fingerprint density at radius 1 is 1.78 bits per heavy atom. The lowest BCUT2D eigenvalue weighted by Crippen LogP contribution is -2.07. The van der Waals surface area contributed by atoms with E-state index < -0.39 is 0 Å². The largest absolute Gasteiger partial charge is 0.393 e. The molecule has 0 bridgehead atoms. The molecule has 9 heavy (non-hydrogen) atoms. The maximum Gasteiger partial charge on any atom is 0.0781 e. The average molecular weight is 144 g/mol. The van der Waals surface area contributed by atoms with Crippen molar-refractivity contribution in [2.75, 3.05) is 0 Å². The Morgan fingerprint density at radius 2 is 2.33 bits per heavy atom. The topological polar surface area (TPSA) is 38.4 Å². The first-order chi connectivity index (χ1) is 4.13. The lowest BCUT2D eigenvalue weighted by atomic mass is 10.4. The molecule has 52 valence electrons. The minimum atomic E-state index is 0.347. The monoisotopic (exact) mass is 144 g/mol. The van der Waals surface area contributed by atoms with Crippen molar-refractivity contribution in [2.45, 2.75) is 26.3 Å². The lowest BCUT2D eigenvalue weighted by Gasteiger charge is -1.92. The fraction of sp³-hybridized carbons (Fsp3) is 0.667. The fourth-order valence-electron chi connectivity index (χ4n) is 0.353. The van der Waals surface area contributed by atoms with E-state index >= 15 is 0 Å². The van der Waals surface area contributed by atoms with Gasteiger partial charge in [0.15, 0.2) is 0 Å². The number of nitrogens with zero attached hydrogens (tertiary/aromatic N) is 1. The number of hydrogen-bond donors (Lipinski definition) is 1. The maximum atomic E-state index is 5.22. The first-order valence-corrected chi connectivity index (χ1v) is 3.33. The highest BCUT2D eigenvalue weighted by Gasteiger charge is 1.84. The summed E-state index contributed by atoms with van der Waals surface area (Å²) in [6.45, 7) is 4.02. The van der Waals surface area contributed by atoms with Gasteiger partial charge in [0.25, 0.3) is 0 Å². The van der Waals surface area contributed by atoms with Gasteiger partial charge in [-0.1, -0.05) is 12.2 Å². The summed E-state index contributed by atoms with van der Waals surface area (Å²) in [5.41, 5.74) is 5.22. The SMILES string of the molecule is CC(C)N=CCC(N)=S. The summed E-state index contributed by atoms with van der Waals surface area (Å²) >= 11 is 4.63. The quantitative estimate of drug-likeness (QED) is 0.476. The van der Waals surface area contributed by atoms with Gasteiger partial charge in [0.1, 0.15) is 0 Å². The molecule has 0 radical (unpaired) electrons. The summed E-state index contributed by atoms with van der Waals surface area (Å²) in [7, 11) is 0. The maximum absolute atomic E-state index is 5.22. The van der Waals surface area contributed by atoms with Crippen LogP contribution >= 0.6 is 12.2 Å². The third-order valence-corrected chi connectivity index (χ3v) is 0.863. The summed E-state index contributed by atoms with van der Waals surface area (Å²) in [4.78, 5) is 4.57. The molecule has 0 amide bonds. The van der Waals surface area contributed by atoms with Gasteiger partial charge in [-0.15, -0.1) is 0 Å². The molecule has 0 unspecified atom stereocenters. The Hall–Kier alpha value is -0.440. The second kappa shape index (κ2) is 4.44. The third-order valence-electron chi connectivity index (χ3n) is 0.696. The van der Waals surface area contributed by atoms with E-state index in [0.717, 1.165) is 0 Å². The van der Waals surface area contributed by atoms with E-state index in [-0.39, 0.29) is 0 Å². The van der Waals surface area contributed by atoms with Crippen LogP contribution in [0.4, 0.5) is 0 Å². The van der Waals surface area contributed by atoms with Crippen LogP contribution in [0, 0.1) is 0 Å². The highest BCUT2D eigenvalue weighted by Crippen LogP contribution is 1.84. The zero-order chi connectivity index (χ0) is 7.28. The molecule has 2 N–H and O–H groups in total. The van der Waals surface area contributed by atoms with Crippen LogP contribution in [-0.4, -0.2) is 17.2 Å². The summed E-state index contributed by atoms with van der Waals surface area (Å²) in [5.74, 6) is 0. The molecule has 0 fully saturated rings. The van der Waals surface area contributed by atoms with Crippen LogP contribution in [0.15, 0.2) is 4.99 Å². The Kier molecular flexibility index (Phi) is 4.22. The third kappa shape index (κ3) is 7.56. The van der Waals surface area contributed by atoms with Crippen molar-refractivity contribution in [1.29, 1.82) is 0 Å². The van der Waals surface area contributed by atoms with Crippen molar-refractivity contribution >= 4 is 23.4 Å². The molecule has 0 heterocycles. The predicted molar refractivity (Wildman–Crippen MR) is 45.0 cm³/mol. The molecular weight excluding hydrogens is 132 g/mol. The van der Waals surface area contributed by atoms with Gasteiger partial charge in [-0.2, -0.15) is 0 Å². The van der Waals surface area contributed by atoms with E-state index in [1.807, 2.05) is 13.8 Å². The zero-order valence-corrected chi connectivity index (χ0v) is 6.61. The van der Waals surface area contributed by atoms with Crippen LogP contribution in [0.5, 0.6) is 0 Å². The van der Waals surface area contributed by atoms with E-state index in [1.54, 1.807) is 6.21 Å². The average Bonchev–Trinajstić information content (AvgIpc) is 1.63. The molecule has 0 aromatic rings. The molecule has 0 atom stereocenters. The molecular formula is C6H12N2S. The summed E-state index contributed by atoms with van der Waals surface area (Å²) in [5, 5.41) is 0. The second-order valence-corrected chi connectivity index (χ2v) is 2.62. The number of nitrogens with two attached hydrogens (primary N) is 1. The van der Waals surface area contributed by atoms with Crippen molar-refractivity contribution in [3.63, 3.8) is 0 Å². The van der Waals surface area contributed by atoms with Gasteiger partial charge in [-0.05, 0) is 13.8 Å². The number of thiocarbonyl (C=S) groups is 1. The van der Waals surface area contributed by atoms with Gasteiger partial charge in [0.2, 0.25) is 0 Å². The Morgan fingerprint density at radius 3 is 2.67 bits per heavy atom. The van der Waals surface area contributed by atoms with Gasteiger partial charge >= 0.3 is 0 Å². The number of rotatable bonds is 3. The second-order valence-electron chi connectivity index (χ2n) is 2.10. The van der Waals surface area contributed by atoms with Crippen LogP contribution in [0.3, 0.4) is 0 Å². The molecule has 0 aliphatic carbocycles. The Labute approximate surface area is 61.2 Å². The van der Waals surface area contributed by atoms with Crippen molar-refractivity contribution in [3.8, 4) is 0 Å². The van der Waals surface area contributed by atoms with Crippen LogP contribution in [0.25, 0.3) is 0 Å². The molecule has 0 spiro atoms. The standard InChI is InChI=1S/C6H12N2S/c1-5(2)8-4-3-6(7)9/h4-5H,3H2,1-2H3,(H2,7,9). The zero-order valence-electron chi connectivity index (χ0n) is 5.79. The van der Waals surface area contributed by atoms with Crippen LogP contribution in [0.2, 0.25) is 0 Å². The molecule has 2 nitrogen and oxygen atoms in total. The molecule has 0 aliphatic heterocycles. The molecule has 0 rings (SSSR count). The highest BCUT2D eigenvalue weighted by atomic mass is 32.1. The first-order valence-electron chi connectivity index (χ1n) is 2.93. The van der Waals surface area contributed by atoms with Crippen LogP contribution < -0.4 is 5.73 Å². The van der Waals surface area contributed by atoms with Crippen molar-refractivity contribution in [3.05, 3.63) is 0 Å². The summed E-state index contributed by atoms with van der Waals surface area (Å²) < 4.78 is 0.